The summed E-state index contributed by atoms with van der Waals surface area (Å²) >= 11 is 18.6. The predicted octanol–water partition coefficient (Wildman–Crippen LogP) is 5.83. The van der Waals surface area contributed by atoms with Crippen LogP contribution in [0.2, 0.25) is 10.0 Å². The predicted molar refractivity (Wildman–Crippen MR) is 73.6 cm³/mol. The van der Waals surface area contributed by atoms with Gasteiger partial charge in [0.15, 0.2) is 4.67 Å². The molecule has 0 bridgehead atoms. The van der Waals surface area contributed by atoms with E-state index in [-0.39, 0.29) is 4.83 Å². The number of furan rings is 1. The van der Waals surface area contributed by atoms with Crippen LogP contribution in [-0.4, -0.2) is 0 Å². The molecule has 0 N–H and O–H groups in total. The van der Waals surface area contributed by atoms with Gasteiger partial charge in [0.2, 0.25) is 0 Å². The smallest absolute Gasteiger partial charge is 0.169 e. The SMILES string of the molecule is Clc1ccc(C(Br)c2ccc(Br)o2)cc1Cl. The molecule has 2 rings (SSSR count). The number of halogens is 4. The molecule has 0 fully saturated rings. The molecule has 1 aromatic carbocycles. The van der Waals surface area contributed by atoms with Crippen LogP contribution in [0.3, 0.4) is 0 Å². The Morgan fingerprint density at radius 2 is 1.81 bits per heavy atom. The summed E-state index contributed by atoms with van der Waals surface area (Å²) in [5, 5.41) is 1.08. The molecule has 5 heteroatoms. The molecule has 1 unspecified atom stereocenters. The highest BCUT2D eigenvalue weighted by atomic mass is 79.9. The zero-order valence-electron chi connectivity index (χ0n) is 7.88. The summed E-state index contributed by atoms with van der Waals surface area (Å²) in [6, 6.07) is 9.24. The van der Waals surface area contributed by atoms with Crippen LogP contribution in [0.1, 0.15) is 16.2 Å². The van der Waals surface area contributed by atoms with Crippen molar-refractivity contribution >= 4 is 55.1 Å². The molecule has 0 saturated carbocycles. The van der Waals surface area contributed by atoms with Crippen LogP contribution in [0.4, 0.5) is 0 Å². The van der Waals surface area contributed by atoms with Gasteiger partial charge >= 0.3 is 0 Å². The largest absolute Gasteiger partial charge is 0.453 e. The highest BCUT2D eigenvalue weighted by Gasteiger charge is 2.15. The molecule has 0 radical (unpaired) electrons. The van der Waals surface area contributed by atoms with Crippen LogP contribution in [0.5, 0.6) is 0 Å². The molecule has 1 heterocycles. The summed E-state index contributed by atoms with van der Waals surface area (Å²) in [6.07, 6.45) is 0. The fourth-order valence-corrected chi connectivity index (χ4v) is 2.46. The normalized spacial score (nSPS) is 12.8. The van der Waals surface area contributed by atoms with Gasteiger partial charge in [-0.25, -0.2) is 0 Å². The Kier molecular flexibility index (Phi) is 4.01. The fourth-order valence-electron chi connectivity index (χ4n) is 1.30. The molecule has 0 saturated heterocycles. The fraction of sp³-hybridized carbons (Fsp3) is 0.0909. The van der Waals surface area contributed by atoms with Crippen molar-refractivity contribution in [2.75, 3.05) is 0 Å². The average molecular weight is 385 g/mol. The van der Waals surface area contributed by atoms with E-state index in [0.29, 0.717) is 14.7 Å². The van der Waals surface area contributed by atoms with Crippen LogP contribution in [0, 0.1) is 0 Å². The van der Waals surface area contributed by atoms with Gasteiger partial charge in [-0.3, -0.25) is 0 Å². The molecule has 1 aromatic heterocycles. The topological polar surface area (TPSA) is 13.1 Å². The van der Waals surface area contributed by atoms with Gasteiger partial charge < -0.3 is 4.42 Å². The van der Waals surface area contributed by atoms with E-state index in [1.165, 1.54) is 0 Å². The Hall–Kier alpha value is 0.0400. The Labute approximate surface area is 120 Å². The molecule has 0 spiro atoms. The second-order valence-corrected chi connectivity index (χ2v) is 5.69. The van der Waals surface area contributed by atoms with Gasteiger partial charge in [-0.15, -0.1) is 0 Å². The first-order chi connectivity index (χ1) is 7.58. The van der Waals surface area contributed by atoms with Crippen molar-refractivity contribution < 1.29 is 4.42 Å². The minimum absolute atomic E-state index is 0.0337. The van der Waals surface area contributed by atoms with E-state index in [1.54, 1.807) is 6.07 Å². The minimum Gasteiger partial charge on any atom is -0.453 e. The van der Waals surface area contributed by atoms with Gasteiger partial charge in [-0.1, -0.05) is 45.2 Å². The zero-order valence-corrected chi connectivity index (χ0v) is 12.6. The van der Waals surface area contributed by atoms with E-state index in [4.69, 9.17) is 27.6 Å². The Balaban J connectivity index is 2.33. The van der Waals surface area contributed by atoms with Gasteiger partial charge in [-0.05, 0) is 45.8 Å². The molecule has 0 aliphatic carbocycles. The average Bonchev–Trinajstić information content (AvgIpc) is 2.68. The number of hydrogen-bond donors (Lipinski definition) is 0. The molecule has 1 nitrogen and oxygen atoms in total. The summed E-state index contributed by atoms with van der Waals surface area (Å²) in [5.41, 5.74) is 0.997. The van der Waals surface area contributed by atoms with Crippen LogP contribution in [0.25, 0.3) is 0 Å². The maximum atomic E-state index is 5.96. The van der Waals surface area contributed by atoms with Gasteiger partial charge in [-0.2, -0.15) is 0 Å². The van der Waals surface area contributed by atoms with E-state index in [2.05, 4.69) is 31.9 Å². The summed E-state index contributed by atoms with van der Waals surface area (Å²) in [6.45, 7) is 0. The van der Waals surface area contributed by atoms with Crippen LogP contribution < -0.4 is 0 Å². The highest BCUT2D eigenvalue weighted by Crippen LogP contribution is 2.35. The van der Waals surface area contributed by atoms with Crippen molar-refractivity contribution in [3.8, 4) is 0 Å². The van der Waals surface area contributed by atoms with Crippen LogP contribution >= 0.6 is 55.1 Å². The van der Waals surface area contributed by atoms with Crippen LogP contribution in [0.15, 0.2) is 39.4 Å². The number of alkyl halides is 1. The third-order valence-electron chi connectivity index (χ3n) is 2.08. The van der Waals surface area contributed by atoms with E-state index in [9.17, 15) is 0 Å². The van der Waals surface area contributed by atoms with Crippen molar-refractivity contribution in [3.63, 3.8) is 0 Å². The first kappa shape index (κ1) is 12.5. The Morgan fingerprint density at radius 3 is 2.38 bits per heavy atom. The zero-order chi connectivity index (χ0) is 11.7. The molecule has 0 aliphatic heterocycles. The molecule has 0 aliphatic rings. The molecule has 84 valence electrons. The van der Waals surface area contributed by atoms with Gasteiger partial charge in [0.05, 0.1) is 14.9 Å². The second kappa shape index (κ2) is 5.13. The lowest BCUT2D eigenvalue weighted by atomic mass is 10.1. The van der Waals surface area contributed by atoms with E-state index < -0.39 is 0 Å². The van der Waals surface area contributed by atoms with E-state index >= 15 is 0 Å². The lowest BCUT2D eigenvalue weighted by Gasteiger charge is -2.08. The summed E-state index contributed by atoms with van der Waals surface area (Å²) in [5.74, 6) is 0.810. The van der Waals surface area contributed by atoms with Crippen LogP contribution in [-0.2, 0) is 0 Å². The standard InChI is InChI=1S/C11H6Br2Cl2O/c12-10-4-3-9(16-10)11(13)6-1-2-7(14)8(15)5-6/h1-5,11H. The number of rotatable bonds is 2. The molecule has 2 aromatic rings. The summed E-state index contributed by atoms with van der Waals surface area (Å²) in [4.78, 5) is -0.0337. The quantitative estimate of drug-likeness (QED) is 0.593. The van der Waals surface area contributed by atoms with Gasteiger partial charge in [0, 0.05) is 0 Å². The molecule has 0 amide bonds. The van der Waals surface area contributed by atoms with Crippen molar-refractivity contribution in [2.24, 2.45) is 0 Å². The third kappa shape index (κ3) is 2.65. The summed E-state index contributed by atoms with van der Waals surface area (Å²) in [7, 11) is 0. The van der Waals surface area contributed by atoms with Crippen molar-refractivity contribution in [3.05, 3.63) is 56.4 Å². The molecule has 1 atom stereocenters. The minimum atomic E-state index is -0.0337. The lowest BCUT2D eigenvalue weighted by molar-refractivity contribution is 0.497. The van der Waals surface area contributed by atoms with Gasteiger partial charge in [0.25, 0.3) is 0 Å². The summed E-state index contributed by atoms with van der Waals surface area (Å²) < 4.78 is 6.16. The monoisotopic (exact) mass is 382 g/mol. The third-order valence-corrected chi connectivity index (χ3v) is 4.23. The van der Waals surface area contributed by atoms with Gasteiger partial charge in [0.1, 0.15) is 5.76 Å². The van der Waals surface area contributed by atoms with E-state index in [1.807, 2.05) is 24.3 Å². The highest BCUT2D eigenvalue weighted by molar-refractivity contribution is 9.10. The Bertz CT molecular complexity index is 510. The van der Waals surface area contributed by atoms with E-state index in [0.717, 1.165) is 11.3 Å². The first-order valence-electron chi connectivity index (χ1n) is 4.42. The maximum Gasteiger partial charge on any atom is 0.169 e. The first-order valence-corrected chi connectivity index (χ1v) is 6.88. The molecular formula is C11H6Br2Cl2O. The molecular weight excluding hydrogens is 379 g/mol. The maximum absolute atomic E-state index is 5.96. The second-order valence-electron chi connectivity index (χ2n) is 3.18. The number of hydrogen-bond acceptors (Lipinski definition) is 1. The molecule has 16 heavy (non-hydrogen) atoms. The van der Waals surface area contributed by atoms with Crippen molar-refractivity contribution in [1.29, 1.82) is 0 Å². The van der Waals surface area contributed by atoms with Crippen molar-refractivity contribution in [2.45, 2.75) is 4.83 Å². The lowest BCUT2D eigenvalue weighted by Crippen LogP contribution is -1.90. The van der Waals surface area contributed by atoms with Crippen molar-refractivity contribution in [1.82, 2.24) is 0 Å². The number of benzene rings is 1. The Morgan fingerprint density at radius 1 is 1.06 bits per heavy atom.